The van der Waals surface area contributed by atoms with Gasteiger partial charge in [0.25, 0.3) is 0 Å². The van der Waals surface area contributed by atoms with E-state index in [4.69, 9.17) is 10.5 Å². The summed E-state index contributed by atoms with van der Waals surface area (Å²) in [5.41, 5.74) is 6.27. The van der Waals surface area contributed by atoms with Gasteiger partial charge in [0.2, 0.25) is 5.91 Å². The predicted molar refractivity (Wildman–Crippen MR) is 68.8 cm³/mol. The highest BCUT2D eigenvalue weighted by molar-refractivity contribution is 5.75. The number of rotatable bonds is 6. The second-order valence-electron chi connectivity index (χ2n) is 4.37. The molecule has 1 rings (SSSR count). The van der Waals surface area contributed by atoms with Crippen LogP contribution in [0.4, 0.5) is 5.69 Å². The highest BCUT2D eigenvalue weighted by Crippen LogP contribution is 2.12. The Morgan fingerprint density at radius 3 is 2.59 bits per heavy atom. The quantitative estimate of drug-likeness (QED) is 0.585. The number of nitrogens with two attached hydrogens (primary N) is 1. The number of ether oxygens (including phenoxy) is 1. The zero-order valence-electron chi connectivity index (χ0n) is 10.4. The van der Waals surface area contributed by atoms with Crippen molar-refractivity contribution in [2.45, 2.75) is 20.3 Å². The number of carbonyl (C=O) groups is 1. The third kappa shape index (κ3) is 5.80. The number of nitrogen functional groups attached to an aromatic ring is 1. The summed E-state index contributed by atoms with van der Waals surface area (Å²) in [4.78, 5) is 11.3. The molecule has 0 aliphatic rings. The van der Waals surface area contributed by atoms with Gasteiger partial charge < -0.3 is 15.8 Å². The molecule has 0 atom stereocenters. The molecular weight excluding hydrogens is 216 g/mol. The molecule has 1 aromatic carbocycles. The summed E-state index contributed by atoms with van der Waals surface area (Å²) < 4.78 is 5.45. The highest BCUT2D eigenvalue weighted by atomic mass is 16.5. The number of benzene rings is 1. The Morgan fingerprint density at radius 2 is 2.00 bits per heavy atom. The summed E-state index contributed by atoms with van der Waals surface area (Å²) in [6.45, 7) is 5.03. The third-order valence-corrected chi connectivity index (χ3v) is 2.17. The molecular formula is C13H20N2O2. The molecule has 0 aliphatic carbocycles. The van der Waals surface area contributed by atoms with Gasteiger partial charge in [-0.25, -0.2) is 0 Å². The Hall–Kier alpha value is -1.71. The van der Waals surface area contributed by atoms with Gasteiger partial charge in [0.05, 0.1) is 6.54 Å². The van der Waals surface area contributed by atoms with Crippen LogP contribution in [0.1, 0.15) is 20.3 Å². The van der Waals surface area contributed by atoms with Crippen LogP contribution >= 0.6 is 0 Å². The summed E-state index contributed by atoms with van der Waals surface area (Å²) in [6.07, 6.45) is 0.557. The Bertz CT molecular complexity index is 347. The standard InChI is InChI=1S/C13H20N2O2/c1-10(2)9-13(16)15-7-8-17-12-5-3-11(14)4-6-12/h3-6,10H,7-9,14H2,1-2H3,(H,15,16). The molecule has 4 nitrogen and oxygen atoms in total. The van der Waals surface area contributed by atoms with E-state index in [2.05, 4.69) is 5.32 Å². The molecule has 0 saturated heterocycles. The molecule has 0 bridgehead atoms. The van der Waals surface area contributed by atoms with Crippen LogP contribution in [0.2, 0.25) is 0 Å². The first-order valence-corrected chi connectivity index (χ1v) is 5.83. The van der Waals surface area contributed by atoms with Crippen molar-refractivity contribution in [3.05, 3.63) is 24.3 Å². The first-order chi connectivity index (χ1) is 8.08. The summed E-state index contributed by atoms with van der Waals surface area (Å²) >= 11 is 0. The smallest absolute Gasteiger partial charge is 0.220 e. The Morgan fingerprint density at radius 1 is 1.35 bits per heavy atom. The van der Waals surface area contributed by atoms with Crippen molar-refractivity contribution in [3.8, 4) is 5.75 Å². The lowest BCUT2D eigenvalue weighted by atomic mass is 10.1. The van der Waals surface area contributed by atoms with Crippen LogP contribution in [0.25, 0.3) is 0 Å². The minimum absolute atomic E-state index is 0.0703. The molecule has 0 aliphatic heterocycles. The Balaban J connectivity index is 2.16. The van der Waals surface area contributed by atoms with Gasteiger partial charge in [-0.05, 0) is 30.2 Å². The van der Waals surface area contributed by atoms with Gasteiger partial charge in [0.1, 0.15) is 12.4 Å². The fourth-order valence-electron chi connectivity index (χ4n) is 1.37. The van der Waals surface area contributed by atoms with Crippen molar-refractivity contribution in [1.82, 2.24) is 5.32 Å². The number of amides is 1. The van der Waals surface area contributed by atoms with Crippen molar-refractivity contribution in [2.75, 3.05) is 18.9 Å². The molecule has 0 fully saturated rings. The minimum Gasteiger partial charge on any atom is -0.492 e. The van der Waals surface area contributed by atoms with E-state index in [1.54, 1.807) is 12.1 Å². The largest absolute Gasteiger partial charge is 0.492 e. The molecule has 4 heteroatoms. The molecule has 17 heavy (non-hydrogen) atoms. The maximum absolute atomic E-state index is 11.3. The average Bonchev–Trinajstić information content (AvgIpc) is 2.26. The third-order valence-electron chi connectivity index (χ3n) is 2.17. The maximum atomic E-state index is 11.3. The van der Waals surface area contributed by atoms with Crippen LogP contribution in [0, 0.1) is 5.92 Å². The van der Waals surface area contributed by atoms with Crippen LogP contribution in [0.5, 0.6) is 5.75 Å². The lowest BCUT2D eigenvalue weighted by Crippen LogP contribution is -2.28. The molecule has 0 radical (unpaired) electrons. The van der Waals surface area contributed by atoms with Crippen molar-refractivity contribution in [1.29, 1.82) is 0 Å². The van der Waals surface area contributed by atoms with E-state index in [9.17, 15) is 4.79 Å². The van der Waals surface area contributed by atoms with Crippen LogP contribution in [0.3, 0.4) is 0 Å². The molecule has 3 N–H and O–H groups in total. The van der Waals surface area contributed by atoms with Crippen molar-refractivity contribution < 1.29 is 9.53 Å². The van der Waals surface area contributed by atoms with Crippen LogP contribution in [0.15, 0.2) is 24.3 Å². The lowest BCUT2D eigenvalue weighted by Gasteiger charge is -2.09. The second kappa shape index (κ2) is 6.78. The number of anilines is 1. The minimum atomic E-state index is 0.0703. The van der Waals surface area contributed by atoms with E-state index in [-0.39, 0.29) is 5.91 Å². The van der Waals surface area contributed by atoms with Gasteiger partial charge in [0, 0.05) is 12.1 Å². The SMILES string of the molecule is CC(C)CC(=O)NCCOc1ccc(N)cc1. The number of hydrogen-bond donors (Lipinski definition) is 2. The van der Waals surface area contributed by atoms with Gasteiger partial charge in [-0.15, -0.1) is 0 Å². The summed E-state index contributed by atoms with van der Waals surface area (Å²) in [5, 5.41) is 2.81. The summed E-state index contributed by atoms with van der Waals surface area (Å²) in [6, 6.07) is 7.19. The van der Waals surface area contributed by atoms with Crippen LogP contribution in [-0.2, 0) is 4.79 Å². The first kappa shape index (κ1) is 13.4. The van der Waals surface area contributed by atoms with E-state index in [1.807, 2.05) is 26.0 Å². The van der Waals surface area contributed by atoms with Crippen molar-refractivity contribution >= 4 is 11.6 Å². The monoisotopic (exact) mass is 236 g/mol. The van der Waals surface area contributed by atoms with Gasteiger partial charge in [0.15, 0.2) is 0 Å². The zero-order chi connectivity index (χ0) is 12.7. The van der Waals surface area contributed by atoms with E-state index >= 15 is 0 Å². The highest BCUT2D eigenvalue weighted by Gasteiger charge is 2.03. The van der Waals surface area contributed by atoms with Gasteiger partial charge in [-0.3, -0.25) is 4.79 Å². The second-order valence-corrected chi connectivity index (χ2v) is 4.37. The zero-order valence-corrected chi connectivity index (χ0v) is 10.4. The molecule has 94 valence electrons. The fraction of sp³-hybridized carbons (Fsp3) is 0.462. The fourth-order valence-corrected chi connectivity index (χ4v) is 1.37. The van der Waals surface area contributed by atoms with Gasteiger partial charge in [-0.2, -0.15) is 0 Å². The van der Waals surface area contributed by atoms with Crippen molar-refractivity contribution in [3.63, 3.8) is 0 Å². The molecule has 0 spiro atoms. The Labute approximate surface area is 102 Å². The van der Waals surface area contributed by atoms with E-state index in [1.165, 1.54) is 0 Å². The van der Waals surface area contributed by atoms with E-state index < -0.39 is 0 Å². The lowest BCUT2D eigenvalue weighted by molar-refractivity contribution is -0.121. The number of nitrogens with one attached hydrogen (secondary N) is 1. The maximum Gasteiger partial charge on any atom is 0.220 e. The molecule has 1 aromatic rings. The summed E-state index contributed by atoms with van der Waals surface area (Å²) in [7, 11) is 0. The normalized spacial score (nSPS) is 10.3. The molecule has 0 saturated carbocycles. The van der Waals surface area contributed by atoms with E-state index in [0.29, 0.717) is 31.2 Å². The van der Waals surface area contributed by atoms with Gasteiger partial charge >= 0.3 is 0 Å². The molecule has 0 aromatic heterocycles. The predicted octanol–water partition coefficient (Wildman–Crippen LogP) is 1.81. The molecule has 0 unspecified atom stereocenters. The van der Waals surface area contributed by atoms with Crippen LogP contribution in [-0.4, -0.2) is 19.1 Å². The Kier molecular flexibility index (Phi) is 5.33. The molecule has 0 heterocycles. The first-order valence-electron chi connectivity index (χ1n) is 5.83. The van der Waals surface area contributed by atoms with Crippen molar-refractivity contribution in [2.24, 2.45) is 5.92 Å². The molecule has 1 amide bonds. The number of carbonyl (C=O) groups excluding carboxylic acids is 1. The van der Waals surface area contributed by atoms with E-state index in [0.717, 1.165) is 5.75 Å². The van der Waals surface area contributed by atoms with Gasteiger partial charge in [-0.1, -0.05) is 13.8 Å². The average molecular weight is 236 g/mol. The summed E-state index contributed by atoms with van der Waals surface area (Å²) in [5.74, 6) is 1.21. The topological polar surface area (TPSA) is 64.3 Å². The van der Waals surface area contributed by atoms with Crippen LogP contribution < -0.4 is 15.8 Å². The number of hydrogen-bond acceptors (Lipinski definition) is 3.